The lowest BCUT2D eigenvalue weighted by Gasteiger charge is -2.40. The van der Waals surface area contributed by atoms with Crippen molar-refractivity contribution in [1.29, 1.82) is 0 Å². The van der Waals surface area contributed by atoms with Crippen LogP contribution in [0, 0.1) is 0 Å². The Bertz CT molecular complexity index is 812. The Morgan fingerprint density at radius 3 is 2.15 bits per heavy atom. The van der Waals surface area contributed by atoms with Crippen LogP contribution in [0.5, 0.6) is 0 Å². The van der Waals surface area contributed by atoms with Crippen LogP contribution in [-0.4, -0.2) is 52.4 Å². The third-order valence-corrected chi connectivity index (χ3v) is 3.45. The number of H-pyrrole nitrogens is 1. The predicted octanol–water partition coefficient (Wildman–Crippen LogP) is -1.14. The number of ether oxygens (including phenoxy) is 4. The molecule has 1 aromatic heterocycles. The van der Waals surface area contributed by atoms with E-state index in [9.17, 15) is 24.0 Å². The fraction of sp³-hybridized carbons (Fsp3) is 0.533. The minimum Gasteiger partial charge on any atom is -0.456 e. The van der Waals surface area contributed by atoms with Gasteiger partial charge in [-0.05, 0) is 0 Å². The van der Waals surface area contributed by atoms with Crippen LogP contribution in [0.4, 0.5) is 0 Å². The zero-order valence-corrected chi connectivity index (χ0v) is 14.3. The van der Waals surface area contributed by atoms with Crippen LogP contribution in [0.25, 0.3) is 0 Å². The first-order valence-electron chi connectivity index (χ1n) is 7.63. The van der Waals surface area contributed by atoms with Crippen molar-refractivity contribution in [3.05, 3.63) is 33.1 Å². The Morgan fingerprint density at radius 1 is 1.04 bits per heavy atom. The molecular weight excluding hydrogens is 352 g/mol. The smallest absolute Gasteiger partial charge is 0.330 e. The van der Waals surface area contributed by atoms with E-state index in [1.807, 2.05) is 4.98 Å². The summed E-state index contributed by atoms with van der Waals surface area (Å²) in [6.45, 7) is 3.18. The lowest BCUT2D eigenvalue weighted by atomic mass is 10.0. The van der Waals surface area contributed by atoms with E-state index in [1.54, 1.807) is 0 Å². The predicted molar refractivity (Wildman–Crippen MR) is 83.0 cm³/mol. The van der Waals surface area contributed by atoms with Gasteiger partial charge in [0.1, 0.15) is 0 Å². The zero-order chi connectivity index (χ0) is 19.4. The number of carbonyl (C=O) groups excluding carboxylic acids is 3. The Kier molecular flexibility index (Phi) is 5.93. The van der Waals surface area contributed by atoms with Crippen LogP contribution in [0.1, 0.15) is 27.0 Å². The SMILES string of the molecule is CC(=O)O[C@H]1[C@H](OC(C)=O)[C@@H](n2ccc(=O)[nH]c2=O)OC[C@H]1OC(C)=O. The highest BCUT2D eigenvalue weighted by molar-refractivity contribution is 5.68. The Hall–Kier alpha value is -2.95. The molecule has 1 aliphatic rings. The molecule has 0 unspecified atom stereocenters. The number of nitrogens with one attached hydrogen (secondary N) is 1. The number of carbonyl (C=O) groups is 3. The van der Waals surface area contributed by atoms with E-state index in [-0.39, 0.29) is 6.61 Å². The van der Waals surface area contributed by atoms with Gasteiger partial charge in [0.2, 0.25) is 0 Å². The molecule has 26 heavy (non-hydrogen) atoms. The number of rotatable bonds is 4. The molecule has 0 bridgehead atoms. The summed E-state index contributed by atoms with van der Waals surface area (Å²) in [6, 6.07) is 1.08. The molecule has 11 heteroatoms. The number of esters is 3. The molecule has 0 saturated carbocycles. The molecule has 142 valence electrons. The minimum atomic E-state index is -1.29. The average Bonchev–Trinajstić information content (AvgIpc) is 2.50. The molecule has 2 heterocycles. The van der Waals surface area contributed by atoms with Crippen molar-refractivity contribution in [1.82, 2.24) is 9.55 Å². The second kappa shape index (κ2) is 7.95. The van der Waals surface area contributed by atoms with Gasteiger partial charge in [-0.2, -0.15) is 0 Å². The maximum Gasteiger partial charge on any atom is 0.330 e. The number of nitrogens with zero attached hydrogens (tertiary/aromatic N) is 1. The van der Waals surface area contributed by atoms with E-state index >= 15 is 0 Å². The summed E-state index contributed by atoms with van der Waals surface area (Å²) in [5.41, 5.74) is -1.44. The summed E-state index contributed by atoms with van der Waals surface area (Å²) >= 11 is 0. The fourth-order valence-corrected chi connectivity index (χ4v) is 2.59. The average molecular weight is 370 g/mol. The van der Waals surface area contributed by atoms with Crippen LogP contribution in [0.2, 0.25) is 0 Å². The monoisotopic (exact) mass is 370 g/mol. The molecule has 1 N–H and O–H groups in total. The molecule has 0 aromatic carbocycles. The molecule has 0 amide bonds. The highest BCUT2D eigenvalue weighted by atomic mass is 16.6. The van der Waals surface area contributed by atoms with Crippen molar-refractivity contribution < 1.29 is 33.3 Å². The molecule has 1 saturated heterocycles. The largest absolute Gasteiger partial charge is 0.456 e. The van der Waals surface area contributed by atoms with Crippen molar-refractivity contribution in [2.45, 2.75) is 45.3 Å². The summed E-state index contributed by atoms with van der Waals surface area (Å²) in [5.74, 6) is -2.10. The lowest BCUT2D eigenvalue weighted by molar-refractivity contribution is -0.240. The second-order valence-corrected chi connectivity index (χ2v) is 5.54. The van der Waals surface area contributed by atoms with E-state index < -0.39 is 53.7 Å². The maximum atomic E-state index is 12.1. The van der Waals surface area contributed by atoms with Crippen LogP contribution < -0.4 is 11.2 Å². The third-order valence-electron chi connectivity index (χ3n) is 3.45. The summed E-state index contributed by atoms with van der Waals surface area (Å²) in [7, 11) is 0. The van der Waals surface area contributed by atoms with Gasteiger partial charge in [-0.25, -0.2) is 4.79 Å². The summed E-state index contributed by atoms with van der Waals surface area (Å²) in [4.78, 5) is 59.6. The topological polar surface area (TPSA) is 143 Å². The van der Waals surface area contributed by atoms with Gasteiger partial charge in [0, 0.05) is 33.0 Å². The molecular formula is C15H18N2O9. The van der Waals surface area contributed by atoms with E-state index in [0.717, 1.165) is 37.6 Å². The highest BCUT2D eigenvalue weighted by Crippen LogP contribution is 2.29. The van der Waals surface area contributed by atoms with Crippen molar-refractivity contribution in [3.63, 3.8) is 0 Å². The van der Waals surface area contributed by atoms with Crippen LogP contribution in [0.3, 0.4) is 0 Å². The molecule has 0 radical (unpaired) electrons. The van der Waals surface area contributed by atoms with Gasteiger partial charge < -0.3 is 18.9 Å². The van der Waals surface area contributed by atoms with E-state index in [1.165, 1.54) is 0 Å². The molecule has 11 nitrogen and oxygen atoms in total. The zero-order valence-electron chi connectivity index (χ0n) is 14.3. The number of hydrogen-bond acceptors (Lipinski definition) is 9. The summed E-state index contributed by atoms with van der Waals surface area (Å²) in [5, 5.41) is 0. The fourth-order valence-electron chi connectivity index (χ4n) is 2.59. The van der Waals surface area contributed by atoms with Crippen molar-refractivity contribution in [2.24, 2.45) is 0 Å². The van der Waals surface area contributed by atoms with Gasteiger partial charge in [-0.3, -0.25) is 28.7 Å². The quantitative estimate of drug-likeness (QED) is 0.514. The molecule has 1 aliphatic heterocycles. The van der Waals surface area contributed by atoms with E-state index in [2.05, 4.69) is 0 Å². The highest BCUT2D eigenvalue weighted by Gasteiger charge is 2.47. The maximum absolute atomic E-state index is 12.1. The lowest BCUT2D eigenvalue weighted by Crippen LogP contribution is -2.56. The van der Waals surface area contributed by atoms with Crippen molar-refractivity contribution in [3.8, 4) is 0 Å². The first-order chi connectivity index (χ1) is 12.2. The Morgan fingerprint density at radius 2 is 1.62 bits per heavy atom. The van der Waals surface area contributed by atoms with Crippen LogP contribution in [0.15, 0.2) is 21.9 Å². The normalized spacial score (nSPS) is 25.2. The van der Waals surface area contributed by atoms with Gasteiger partial charge in [-0.15, -0.1) is 0 Å². The molecule has 1 aromatic rings. The Balaban J connectivity index is 2.46. The number of aromatic amines is 1. The number of hydrogen-bond donors (Lipinski definition) is 1. The number of aromatic nitrogens is 2. The standard InChI is InChI=1S/C15H18N2O9/c1-7(18)24-10-6-23-14(17-5-4-11(21)16-15(17)22)13(26-9(3)20)12(10)25-8(2)19/h4-5,10,12-14H,6H2,1-3H3,(H,16,21,22)/t10-,12-,13+,14+/m1/s1. The Labute approximate surface area is 146 Å². The van der Waals surface area contributed by atoms with Crippen LogP contribution in [-0.2, 0) is 33.3 Å². The first-order valence-corrected chi connectivity index (χ1v) is 7.63. The van der Waals surface area contributed by atoms with Gasteiger partial charge >= 0.3 is 23.6 Å². The van der Waals surface area contributed by atoms with Crippen LogP contribution >= 0.6 is 0 Å². The van der Waals surface area contributed by atoms with Gasteiger partial charge in [0.05, 0.1) is 6.61 Å². The second-order valence-electron chi connectivity index (χ2n) is 5.54. The molecule has 4 atom stereocenters. The van der Waals surface area contributed by atoms with Gasteiger partial charge in [0.15, 0.2) is 24.5 Å². The molecule has 2 rings (SSSR count). The third kappa shape index (κ3) is 4.57. The van der Waals surface area contributed by atoms with Crippen molar-refractivity contribution in [2.75, 3.05) is 6.61 Å². The van der Waals surface area contributed by atoms with E-state index in [0.29, 0.717) is 0 Å². The van der Waals surface area contributed by atoms with Crippen molar-refractivity contribution >= 4 is 17.9 Å². The summed E-state index contributed by atoms with van der Waals surface area (Å²) in [6.07, 6.45) is -3.61. The molecule has 0 spiro atoms. The first kappa shape index (κ1) is 19.4. The van der Waals surface area contributed by atoms with E-state index in [4.69, 9.17) is 18.9 Å². The molecule has 0 aliphatic carbocycles. The minimum absolute atomic E-state index is 0.231. The van der Waals surface area contributed by atoms with Gasteiger partial charge in [-0.1, -0.05) is 0 Å². The molecule has 1 fully saturated rings. The summed E-state index contributed by atoms with van der Waals surface area (Å²) < 4.78 is 21.9. The van der Waals surface area contributed by atoms with Gasteiger partial charge in [0.25, 0.3) is 5.56 Å².